The molecule has 1 nitrogen and oxygen atoms in total. The van der Waals surface area contributed by atoms with Crippen LogP contribution in [0.5, 0.6) is 0 Å². The Labute approximate surface area is 99.1 Å². The van der Waals surface area contributed by atoms with Crippen LogP contribution in [-0.4, -0.2) is 4.98 Å². The molecular formula is C14H13F2N. The topological polar surface area (TPSA) is 12.9 Å². The molecule has 1 aromatic heterocycles. The minimum Gasteiger partial charge on any atom is -0.256 e. The predicted octanol–water partition coefficient (Wildman–Crippen LogP) is 4.15. The van der Waals surface area contributed by atoms with Gasteiger partial charge in [0.1, 0.15) is 11.6 Å². The number of nitrogens with zero attached hydrogens (tertiary/aromatic N) is 1. The zero-order valence-corrected chi connectivity index (χ0v) is 9.74. The normalized spacial score (nSPS) is 10.9. The van der Waals surface area contributed by atoms with Crippen LogP contribution in [0.15, 0.2) is 36.5 Å². The number of benzene rings is 1. The van der Waals surface area contributed by atoms with Crippen LogP contribution < -0.4 is 0 Å². The molecule has 88 valence electrons. The first-order valence-corrected chi connectivity index (χ1v) is 5.50. The average Bonchev–Trinajstić information content (AvgIpc) is 2.29. The first kappa shape index (κ1) is 11.7. The maximum absolute atomic E-state index is 13.6. The van der Waals surface area contributed by atoms with Gasteiger partial charge in [0.05, 0.1) is 11.3 Å². The monoisotopic (exact) mass is 233 g/mol. The van der Waals surface area contributed by atoms with E-state index in [0.717, 1.165) is 5.56 Å². The first-order valence-electron chi connectivity index (χ1n) is 5.50. The lowest BCUT2D eigenvalue weighted by Gasteiger charge is -2.08. The van der Waals surface area contributed by atoms with Gasteiger partial charge < -0.3 is 0 Å². The van der Waals surface area contributed by atoms with Gasteiger partial charge in [0.15, 0.2) is 0 Å². The molecule has 0 amide bonds. The van der Waals surface area contributed by atoms with Crippen molar-refractivity contribution in [3.05, 3.63) is 53.7 Å². The Morgan fingerprint density at radius 3 is 2.29 bits per heavy atom. The van der Waals surface area contributed by atoms with E-state index in [1.807, 2.05) is 19.9 Å². The third-order valence-corrected chi connectivity index (χ3v) is 2.67. The average molecular weight is 233 g/mol. The highest BCUT2D eigenvalue weighted by molar-refractivity contribution is 5.61. The van der Waals surface area contributed by atoms with Crippen LogP contribution in [0.3, 0.4) is 0 Å². The molecule has 2 rings (SSSR count). The molecule has 0 fully saturated rings. The van der Waals surface area contributed by atoms with Gasteiger partial charge in [-0.15, -0.1) is 0 Å². The summed E-state index contributed by atoms with van der Waals surface area (Å²) in [6.45, 7) is 4.05. The predicted molar refractivity (Wildman–Crippen MR) is 63.7 cm³/mol. The molecule has 0 aliphatic rings. The molecule has 0 atom stereocenters. The largest absolute Gasteiger partial charge is 0.256 e. The smallest absolute Gasteiger partial charge is 0.135 e. The van der Waals surface area contributed by atoms with Crippen LogP contribution in [0.4, 0.5) is 8.78 Å². The zero-order chi connectivity index (χ0) is 12.4. The van der Waals surface area contributed by atoms with Crippen LogP contribution >= 0.6 is 0 Å². The Bertz CT molecular complexity index is 515. The second kappa shape index (κ2) is 4.62. The van der Waals surface area contributed by atoms with Gasteiger partial charge in [-0.05, 0) is 35.7 Å². The summed E-state index contributed by atoms with van der Waals surface area (Å²) >= 11 is 0. The number of halogens is 2. The van der Waals surface area contributed by atoms with Gasteiger partial charge in [-0.1, -0.05) is 19.9 Å². The third-order valence-electron chi connectivity index (χ3n) is 2.67. The highest BCUT2D eigenvalue weighted by Crippen LogP contribution is 2.26. The molecule has 2 aromatic rings. The Kier molecular flexibility index (Phi) is 3.18. The fourth-order valence-corrected chi connectivity index (χ4v) is 1.69. The summed E-state index contributed by atoms with van der Waals surface area (Å²) in [6, 6.07) is 7.41. The fraction of sp³-hybridized carbons (Fsp3) is 0.214. The molecular weight excluding hydrogens is 220 g/mol. The van der Waals surface area contributed by atoms with Crippen molar-refractivity contribution in [1.82, 2.24) is 4.98 Å². The van der Waals surface area contributed by atoms with Crippen molar-refractivity contribution in [2.75, 3.05) is 0 Å². The maximum Gasteiger partial charge on any atom is 0.135 e. The van der Waals surface area contributed by atoms with Gasteiger partial charge in [-0.2, -0.15) is 0 Å². The number of pyridine rings is 1. The van der Waals surface area contributed by atoms with E-state index < -0.39 is 11.6 Å². The van der Waals surface area contributed by atoms with Gasteiger partial charge in [0.25, 0.3) is 0 Å². The van der Waals surface area contributed by atoms with Crippen molar-refractivity contribution in [1.29, 1.82) is 0 Å². The number of hydrogen-bond donors (Lipinski definition) is 0. The van der Waals surface area contributed by atoms with Crippen molar-refractivity contribution in [2.24, 2.45) is 0 Å². The van der Waals surface area contributed by atoms with Crippen molar-refractivity contribution in [3.63, 3.8) is 0 Å². The Balaban J connectivity index is 2.57. The Morgan fingerprint density at radius 2 is 1.71 bits per heavy atom. The second-order valence-corrected chi connectivity index (χ2v) is 4.23. The molecule has 0 saturated carbocycles. The quantitative estimate of drug-likeness (QED) is 0.759. The van der Waals surface area contributed by atoms with E-state index in [9.17, 15) is 8.78 Å². The molecule has 0 aliphatic heterocycles. The second-order valence-electron chi connectivity index (χ2n) is 4.23. The third kappa shape index (κ3) is 2.33. The molecule has 0 saturated heterocycles. The summed E-state index contributed by atoms with van der Waals surface area (Å²) in [5.41, 5.74) is 1.29. The van der Waals surface area contributed by atoms with E-state index in [4.69, 9.17) is 0 Å². The van der Waals surface area contributed by atoms with Crippen LogP contribution in [-0.2, 0) is 0 Å². The summed E-state index contributed by atoms with van der Waals surface area (Å²) in [4.78, 5) is 4.03. The molecule has 0 bridgehead atoms. The Hall–Kier alpha value is -1.77. The molecule has 3 heteroatoms. The summed E-state index contributed by atoms with van der Waals surface area (Å²) in [5.74, 6) is -0.872. The number of rotatable bonds is 2. The molecule has 0 unspecified atom stereocenters. The first-order chi connectivity index (χ1) is 8.09. The SMILES string of the molecule is CC(C)c1ccnc(-c2c(F)cccc2F)c1. The van der Waals surface area contributed by atoms with Gasteiger partial charge >= 0.3 is 0 Å². The molecule has 0 spiro atoms. The lowest BCUT2D eigenvalue weighted by molar-refractivity contribution is 0.588. The lowest BCUT2D eigenvalue weighted by Crippen LogP contribution is -1.95. The summed E-state index contributed by atoms with van der Waals surface area (Å²) in [5, 5.41) is 0. The van der Waals surface area contributed by atoms with E-state index >= 15 is 0 Å². The summed E-state index contributed by atoms with van der Waals surface area (Å²) in [7, 11) is 0. The van der Waals surface area contributed by atoms with E-state index in [1.165, 1.54) is 18.2 Å². The van der Waals surface area contributed by atoms with Crippen molar-refractivity contribution in [3.8, 4) is 11.3 Å². The van der Waals surface area contributed by atoms with Gasteiger partial charge in [0.2, 0.25) is 0 Å². The summed E-state index contributed by atoms with van der Waals surface area (Å²) in [6.07, 6.45) is 1.58. The van der Waals surface area contributed by atoms with E-state index in [1.54, 1.807) is 12.3 Å². The highest BCUT2D eigenvalue weighted by atomic mass is 19.1. The molecule has 0 aliphatic carbocycles. The fourth-order valence-electron chi connectivity index (χ4n) is 1.69. The lowest BCUT2D eigenvalue weighted by atomic mass is 10.0. The van der Waals surface area contributed by atoms with Crippen LogP contribution in [0, 0.1) is 11.6 Å². The van der Waals surface area contributed by atoms with Crippen molar-refractivity contribution < 1.29 is 8.78 Å². The van der Waals surface area contributed by atoms with Crippen LogP contribution in [0.25, 0.3) is 11.3 Å². The van der Waals surface area contributed by atoms with E-state index in [0.29, 0.717) is 11.6 Å². The molecule has 0 radical (unpaired) electrons. The van der Waals surface area contributed by atoms with Crippen molar-refractivity contribution >= 4 is 0 Å². The van der Waals surface area contributed by atoms with Gasteiger partial charge in [0, 0.05) is 6.20 Å². The minimum atomic E-state index is -0.585. The maximum atomic E-state index is 13.6. The van der Waals surface area contributed by atoms with Crippen molar-refractivity contribution in [2.45, 2.75) is 19.8 Å². The molecule has 1 aromatic carbocycles. The minimum absolute atomic E-state index is 0.0602. The zero-order valence-electron chi connectivity index (χ0n) is 9.74. The molecule has 0 N–H and O–H groups in total. The van der Waals surface area contributed by atoms with E-state index in [2.05, 4.69) is 4.98 Å². The summed E-state index contributed by atoms with van der Waals surface area (Å²) < 4.78 is 27.2. The van der Waals surface area contributed by atoms with E-state index in [-0.39, 0.29) is 5.56 Å². The molecule has 17 heavy (non-hydrogen) atoms. The van der Waals surface area contributed by atoms with Crippen LogP contribution in [0.1, 0.15) is 25.3 Å². The standard InChI is InChI=1S/C14H13F2N/c1-9(2)10-6-7-17-13(8-10)14-11(15)4-3-5-12(14)16/h3-9H,1-2H3. The molecule has 1 heterocycles. The van der Waals surface area contributed by atoms with Gasteiger partial charge in [-0.25, -0.2) is 8.78 Å². The van der Waals surface area contributed by atoms with Crippen LogP contribution in [0.2, 0.25) is 0 Å². The number of aromatic nitrogens is 1. The number of hydrogen-bond acceptors (Lipinski definition) is 1. The Morgan fingerprint density at radius 1 is 1.06 bits per heavy atom. The highest BCUT2D eigenvalue weighted by Gasteiger charge is 2.12. The van der Waals surface area contributed by atoms with Gasteiger partial charge in [-0.3, -0.25) is 4.98 Å².